The summed E-state index contributed by atoms with van der Waals surface area (Å²) in [5, 5.41) is 11.4. The van der Waals surface area contributed by atoms with Crippen molar-refractivity contribution in [1.29, 1.82) is 0 Å². The van der Waals surface area contributed by atoms with Gasteiger partial charge in [-0.2, -0.15) is 0 Å². The third-order valence-corrected chi connectivity index (χ3v) is 4.76. The third-order valence-electron chi connectivity index (χ3n) is 4.76. The SMILES string of the molecule is COc1ccc(N2C[C@]34C=C[C@@H](O3)[C@@H](C(=O)[O-])[C@@H]4C2=O)cc1. The fraction of sp³-hybridized carbons (Fsp3) is 0.375. The molecule has 3 aliphatic rings. The average Bonchev–Trinajstić information content (AvgIpc) is 3.15. The molecule has 1 aromatic carbocycles. The Bertz CT molecular complexity index is 682. The smallest absolute Gasteiger partial charge is 0.234 e. The number of hydrogen-bond acceptors (Lipinski definition) is 5. The predicted octanol–water partition coefficient (Wildman–Crippen LogP) is -0.269. The number of rotatable bonds is 3. The van der Waals surface area contributed by atoms with Crippen LogP contribution in [0, 0.1) is 11.8 Å². The van der Waals surface area contributed by atoms with Crippen molar-refractivity contribution in [3.63, 3.8) is 0 Å². The van der Waals surface area contributed by atoms with Crippen molar-refractivity contribution in [2.75, 3.05) is 18.6 Å². The molecule has 0 unspecified atom stereocenters. The van der Waals surface area contributed by atoms with E-state index in [2.05, 4.69) is 0 Å². The molecule has 1 spiro atoms. The maximum absolute atomic E-state index is 12.7. The lowest BCUT2D eigenvalue weighted by atomic mass is 9.77. The standard InChI is InChI=1S/C16H15NO5/c1-21-10-4-2-9(3-5-10)17-8-16-7-6-11(22-16)12(15(19)20)13(16)14(17)18/h2-7,11-13H,8H2,1H3,(H,19,20)/p-1/t11-,12-,13-,16+/m1/s1. The molecule has 0 radical (unpaired) electrons. The Balaban J connectivity index is 1.70. The van der Waals surface area contributed by atoms with Crippen LogP contribution in [-0.2, 0) is 14.3 Å². The van der Waals surface area contributed by atoms with E-state index in [1.165, 1.54) is 0 Å². The minimum absolute atomic E-state index is 0.230. The number of methoxy groups -OCH3 is 1. The second-order valence-electron chi connectivity index (χ2n) is 5.84. The van der Waals surface area contributed by atoms with E-state index in [1.807, 2.05) is 6.08 Å². The molecule has 6 heteroatoms. The summed E-state index contributed by atoms with van der Waals surface area (Å²) in [6, 6.07) is 7.08. The van der Waals surface area contributed by atoms with Gasteiger partial charge >= 0.3 is 0 Å². The highest BCUT2D eigenvalue weighted by atomic mass is 16.5. The van der Waals surface area contributed by atoms with Crippen molar-refractivity contribution in [3.05, 3.63) is 36.4 Å². The second kappa shape index (κ2) is 4.33. The lowest BCUT2D eigenvalue weighted by Crippen LogP contribution is -2.45. The lowest BCUT2D eigenvalue weighted by Gasteiger charge is -2.24. The Morgan fingerprint density at radius 2 is 2.14 bits per heavy atom. The highest BCUT2D eigenvalue weighted by Crippen LogP contribution is 2.52. The summed E-state index contributed by atoms with van der Waals surface area (Å²) in [7, 11) is 1.57. The molecule has 4 atom stereocenters. The molecule has 2 bridgehead atoms. The number of benzene rings is 1. The molecule has 2 saturated heterocycles. The van der Waals surface area contributed by atoms with Crippen LogP contribution in [0.1, 0.15) is 0 Å². The van der Waals surface area contributed by atoms with Crippen LogP contribution in [0.4, 0.5) is 5.69 Å². The Morgan fingerprint density at radius 3 is 2.77 bits per heavy atom. The molecule has 3 aliphatic heterocycles. The first-order valence-electron chi connectivity index (χ1n) is 7.09. The van der Waals surface area contributed by atoms with Gasteiger partial charge in [-0.25, -0.2) is 0 Å². The monoisotopic (exact) mass is 300 g/mol. The largest absolute Gasteiger partial charge is 0.550 e. The normalized spacial score (nSPS) is 35.0. The first-order valence-corrected chi connectivity index (χ1v) is 7.09. The summed E-state index contributed by atoms with van der Waals surface area (Å²) in [5.41, 5.74) is -0.140. The molecule has 0 saturated carbocycles. The van der Waals surface area contributed by atoms with Gasteiger partial charge in [-0.15, -0.1) is 0 Å². The Labute approximate surface area is 126 Å². The zero-order valence-electron chi connectivity index (χ0n) is 11.9. The van der Waals surface area contributed by atoms with Crippen molar-refractivity contribution >= 4 is 17.6 Å². The zero-order chi connectivity index (χ0) is 15.5. The van der Waals surface area contributed by atoms with Crippen LogP contribution in [0.2, 0.25) is 0 Å². The quantitative estimate of drug-likeness (QED) is 0.718. The third kappa shape index (κ3) is 1.58. The Kier molecular flexibility index (Phi) is 2.62. The fourth-order valence-corrected chi connectivity index (χ4v) is 3.75. The van der Waals surface area contributed by atoms with E-state index in [0.717, 1.165) is 0 Å². The predicted molar refractivity (Wildman–Crippen MR) is 74.1 cm³/mol. The molecule has 0 aliphatic carbocycles. The molecule has 1 aromatic rings. The maximum Gasteiger partial charge on any atom is 0.234 e. The van der Waals surface area contributed by atoms with Gasteiger partial charge in [0.1, 0.15) is 11.4 Å². The summed E-state index contributed by atoms with van der Waals surface area (Å²) in [4.78, 5) is 25.7. The summed E-state index contributed by atoms with van der Waals surface area (Å²) in [6.07, 6.45) is 2.99. The van der Waals surface area contributed by atoms with E-state index in [0.29, 0.717) is 18.0 Å². The lowest BCUT2D eigenvalue weighted by molar-refractivity contribution is -0.313. The summed E-state index contributed by atoms with van der Waals surface area (Å²) in [5.74, 6) is -2.40. The molecule has 114 valence electrons. The molecular formula is C16H14NO5-. The van der Waals surface area contributed by atoms with E-state index >= 15 is 0 Å². The van der Waals surface area contributed by atoms with Crippen LogP contribution in [0.5, 0.6) is 5.75 Å². The highest BCUT2D eigenvalue weighted by molar-refractivity contribution is 6.02. The van der Waals surface area contributed by atoms with Crippen LogP contribution in [0.25, 0.3) is 0 Å². The van der Waals surface area contributed by atoms with E-state index in [-0.39, 0.29) is 5.91 Å². The number of carbonyl (C=O) groups excluding carboxylic acids is 2. The number of carboxylic acid groups (broad SMARTS) is 1. The number of carbonyl (C=O) groups is 2. The Hall–Kier alpha value is -2.34. The minimum Gasteiger partial charge on any atom is -0.550 e. The van der Waals surface area contributed by atoms with Gasteiger partial charge in [-0.3, -0.25) is 4.79 Å². The van der Waals surface area contributed by atoms with E-state index in [9.17, 15) is 14.7 Å². The Morgan fingerprint density at radius 1 is 1.41 bits per heavy atom. The van der Waals surface area contributed by atoms with E-state index < -0.39 is 29.5 Å². The average molecular weight is 300 g/mol. The molecule has 2 fully saturated rings. The van der Waals surface area contributed by atoms with Crippen molar-refractivity contribution in [2.24, 2.45) is 11.8 Å². The van der Waals surface area contributed by atoms with Gasteiger partial charge in [0, 0.05) is 17.6 Å². The van der Waals surface area contributed by atoms with Crippen molar-refractivity contribution < 1.29 is 24.2 Å². The number of aliphatic carboxylic acids is 1. The topological polar surface area (TPSA) is 78.9 Å². The van der Waals surface area contributed by atoms with Crippen molar-refractivity contribution in [1.82, 2.24) is 0 Å². The van der Waals surface area contributed by atoms with Gasteiger partial charge in [-0.05, 0) is 24.3 Å². The number of fused-ring (bicyclic) bond motifs is 1. The first-order chi connectivity index (χ1) is 10.6. The van der Waals surface area contributed by atoms with Gasteiger partial charge in [0.05, 0.1) is 25.7 Å². The van der Waals surface area contributed by atoms with Crippen LogP contribution >= 0.6 is 0 Å². The second-order valence-corrected chi connectivity index (χ2v) is 5.84. The number of amides is 1. The number of anilines is 1. The van der Waals surface area contributed by atoms with Crippen molar-refractivity contribution in [3.8, 4) is 5.75 Å². The van der Waals surface area contributed by atoms with Crippen LogP contribution < -0.4 is 14.7 Å². The molecular weight excluding hydrogens is 286 g/mol. The first kappa shape index (κ1) is 13.3. The van der Waals surface area contributed by atoms with Crippen molar-refractivity contribution in [2.45, 2.75) is 11.7 Å². The maximum atomic E-state index is 12.7. The van der Waals surface area contributed by atoms with Gasteiger partial charge in [0.15, 0.2) is 0 Å². The minimum atomic E-state index is -1.23. The number of hydrogen-bond donors (Lipinski definition) is 0. The van der Waals surface area contributed by atoms with E-state index in [1.54, 1.807) is 42.4 Å². The summed E-state index contributed by atoms with van der Waals surface area (Å²) in [6.45, 7) is 0.319. The number of carboxylic acids is 1. The fourth-order valence-electron chi connectivity index (χ4n) is 3.75. The van der Waals surface area contributed by atoms with Crippen LogP contribution in [0.3, 0.4) is 0 Å². The van der Waals surface area contributed by atoms with Crippen LogP contribution in [-0.4, -0.2) is 37.2 Å². The molecule has 4 rings (SSSR count). The molecule has 0 N–H and O–H groups in total. The molecule has 6 nitrogen and oxygen atoms in total. The molecule has 3 heterocycles. The number of ether oxygens (including phenoxy) is 2. The molecule has 22 heavy (non-hydrogen) atoms. The van der Waals surface area contributed by atoms with Gasteiger partial charge in [0.25, 0.3) is 0 Å². The summed E-state index contributed by atoms with van der Waals surface area (Å²) >= 11 is 0. The summed E-state index contributed by atoms with van der Waals surface area (Å²) < 4.78 is 10.9. The molecule has 0 aromatic heterocycles. The van der Waals surface area contributed by atoms with Gasteiger partial charge in [-0.1, -0.05) is 12.2 Å². The molecule has 1 amide bonds. The zero-order valence-corrected chi connectivity index (χ0v) is 11.9. The highest BCUT2D eigenvalue weighted by Gasteiger charge is 2.65. The van der Waals surface area contributed by atoms with Gasteiger partial charge < -0.3 is 24.3 Å². The van der Waals surface area contributed by atoms with Gasteiger partial charge in [0.2, 0.25) is 5.91 Å². The van der Waals surface area contributed by atoms with E-state index in [4.69, 9.17) is 9.47 Å². The number of nitrogens with zero attached hydrogens (tertiary/aromatic N) is 1. The van der Waals surface area contributed by atoms with Crippen LogP contribution in [0.15, 0.2) is 36.4 Å².